The van der Waals surface area contributed by atoms with Gasteiger partial charge in [-0.2, -0.15) is 8.42 Å². The van der Waals surface area contributed by atoms with Crippen molar-refractivity contribution in [1.82, 2.24) is 0 Å². The van der Waals surface area contributed by atoms with Crippen LogP contribution in [-0.4, -0.2) is 13.0 Å². The molecule has 0 unspecified atom stereocenters. The fourth-order valence-electron chi connectivity index (χ4n) is 1.79. The molecule has 3 nitrogen and oxygen atoms in total. The maximum absolute atomic E-state index is 11.2. The Kier molecular flexibility index (Phi) is 4.50. The van der Waals surface area contributed by atoms with E-state index in [9.17, 15) is 8.42 Å². The maximum atomic E-state index is 11.2. The van der Waals surface area contributed by atoms with Gasteiger partial charge in [-0.25, -0.2) is 0 Å². The third kappa shape index (κ3) is 3.32. The zero-order valence-electron chi connectivity index (χ0n) is 9.73. The molecule has 0 aliphatic carbocycles. The minimum Gasteiger partial charge on any atom is -0.282 e. The van der Waals surface area contributed by atoms with Crippen LogP contribution < -0.4 is 0 Å². The molecule has 0 atom stereocenters. The van der Waals surface area contributed by atoms with Crippen molar-refractivity contribution in [2.75, 3.05) is 0 Å². The number of hydrogen-bond donors (Lipinski definition) is 1. The van der Waals surface area contributed by atoms with Crippen molar-refractivity contribution in [3.05, 3.63) is 29.3 Å². The first-order valence-electron chi connectivity index (χ1n) is 5.52. The van der Waals surface area contributed by atoms with Crippen LogP contribution in [0, 0.1) is 6.92 Å². The molecule has 0 spiro atoms. The molecule has 1 aromatic rings. The van der Waals surface area contributed by atoms with E-state index in [0.717, 1.165) is 30.4 Å². The first kappa shape index (κ1) is 13.2. The minimum atomic E-state index is -4.09. The van der Waals surface area contributed by atoms with E-state index < -0.39 is 10.1 Å². The van der Waals surface area contributed by atoms with E-state index in [1.54, 1.807) is 6.07 Å². The van der Waals surface area contributed by atoms with Crippen molar-refractivity contribution in [2.45, 2.75) is 44.4 Å². The van der Waals surface area contributed by atoms with E-state index in [0.29, 0.717) is 6.42 Å². The van der Waals surface area contributed by atoms with Crippen LogP contribution >= 0.6 is 0 Å². The van der Waals surface area contributed by atoms with Gasteiger partial charge in [0.25, 0.3) is 10.1 Å². The molecule has 1 rings (SSSR count). The van der Waals surface area contributed by atoms with E-state index >= 15 is 0 Å². The van der Waals surface area contributed by atoms with Crippen molar-refractivity contribution in [1.29, 1.82) is 0 Å². The topological polar surface area (TPSA) is 54.4 Å². The maximum Gasteiger partial charge on any atom is 0.294 e. The van der Waals surface area contributed by atoms with E-state index in [1.807, 2.05) is 13.0 Å². The van der Waals surface area contributed by atoms with Crippen LogP contribution in [0.1, 0.15) is 37.3 Å². The van der Waals surface area contributed by atoms with Crippen LogP contribution in [0.15, 0.2) is 23.1 Å². The van der Waals surface area contributed by atoms with Crippen molar-refractivity contribution in [3.63, 3.8) is 0 Å². The van der Waals surface area contributed by atoms with Crippen molar-refractivity contribution < 1.29 is 13.0 Å². The lowest BCUT2D eigenvalue weighted by Gasteiger charge is -2.09. The Balaban J connectivity index is 3.05. The van der Waals surface area contributed by atoms with E-state index in [-0.39, 0.29) is 4.90 Å². The largest absolute Gasteiger partial charge is 0.294 e. The second-order valence-electron chi connectivity index (χ2n) is 3.98. The van der Waals surface area contributed by atoms with Crippen LogP contribution in [-0.2, 0) is 16.5 Å². The van der Waals surface area contributed by atoms with Gasteiger partial charge in [-0.05, 0) is 37.0 Å². The summed E-state index contributed by atoms with van der Waals surface area (Å²) in [5, 5.41) is 0. The number of aryl methyl sites for hydroxylation is 1. The molecule has 0 bridgehead atoms. The highest BCUT2D eigenvalue weighted by atomic mass is 32.2. The van der Waals surface area contributed by atoms with Crippen LogP contribution in [0.4, 0.5) is 0 Å². The Bertz CT molecular complexity index is 449. The van der Waals surface area contributed by atoms with E-state index in [1.165, 1.54) is 6.07 Å². The molecular weight excluding hydrogens is 224 g/mol. The average molecular weight is 242 g/mol. The fourth-order valence-corrected chi connectivity index (χ4v) is 2.61. The summed E-state index contributed by atoms with van der Waals surface area (Å²) in [4.78, 5) is 0.0589. The molecule has 16 heavy (non-hydrogen) atoms. The summed E-state index contributed by atoms with van der Waals surface area (Å²) in [6.45, 7) is 3.97. The van der Waals surface area contributed by atoms with E-state index in [4.69, 9.17) is 4.55 Å². The van der Waals surface area contributed by atoms with E-state index in [2.05, 4.69) is 6.92 Å². The number of unbranched alkanes of at least 4 members (excludes halogenated alkanes) is 2. The molecule has 0 amide bonds. The second-order valence-corrected chi connectivity index (χ2v) is 5.37. The first-order chi connectivity index (χ1) is 7.46. The molecule has 0 fully saturated rings. The molecule has 0 saturated carbocycles. The monoisotopic (exact) mass is 242 g/mol. The average Bonchev–Trinajstić information content (AvgIpc) is 2.19. The summed E-state index contributed by atoms with van der Waals surface area (Å²) in [6.07, 6.45) is 3.81. The second kappa shape index (κ2) is 5.46. The Labute approximate surface area is 97.2 Å². The molecule has 0 aliphatic rings. The normalized spacial score (nSPS) is 11.7. The molecule has 4 heteroatoms. The molecule has 0 aliphatic heterocycles. The summed E-state index contributed by atoms with van der Waals surface area (Å²) in [5.41, 5.74) is 1.67. The Hall–Kier alpha value is -0.870. The lowest BCUT2D eigenvalue weighted by atomic mass is 10.0. The van der Waals surface area contributed by atoms with Crippen LogP contribution in [0.5, 0.6) is 0 Å². The predicted molar refractivity (Wildman–Crippen MR) is 64.2 cm³/mol. The summed E-state index contributed by atoms with van der Waals surface area (Å²) >= 11 is 0. The van der Waals surface area contributed by atoms with Gasteiger partial charge in [0.1, 0.15) is 0 Å². The minimum absolute atomic E-state index is 0.0589. The molecule has 0 aromatic heterocycles. The molecule has 0 radical (unpaired) electrons. The Morgan fingerprint density at radius 3 is 2.50 bits per heavy atom. The third-order valence-corrected chi connectivity index (χ3v) is 3.61. The highest BCUT2D eigenvalue weighted by Crippen LogP contribution is 2.21. The first-order valence-corrected chi connectivity index (χ1v) is 6.96. The predicted octanol–water partition coefficient (Wildman–Crippen LogP) is 2.97. The Morgan fingerprint density at radius 1 is 1.25 bits per heavy atom. The van der Waals surface area contributed by atoms with Crippen molar-refractivity contribution in [2.24, 2.45) is 0 Å². The van der Waals surface area contributed by atoms with Crippen molar-refractivity contribution >= 4 is 10.1 Å². The number of rotatable bonds is 5. The molecule has 0 saturated heterocycles. The lowest BCUT2D eigenvalue weighted by Crippen LogP contribution is -2.05. The van der Waals surface area contributed by atoms with Gasteiger partial charge >= 0.3 is 0 Å². The van der Waals surface area contributed by atoms with Gasteiger partial charge in [0.2, 0.25) is 0 Å². The summed E-state index contributed by atoms with van der Waals surface area (Å²) in [7, 11) is -4.09. The smallest absolute Gasteiger partial charge is 0.282 e. The van der Waals surface area contributed by atoms with Gasteiger partial charge < -0.3 is 0 Å². The Morgan fingerprint density at radius 2 is 1.94 bits per heavy atom. The highest BCUT2D eigenvalue weighted by Gasteiger charge is 2.15. The van der Waals surface area contributed by atoms with Crippen LogP contribution in [0.3, 0.4) is 0 Å². The highest BCUT2D eigenvalue weighted by molar-refractivity contribution is 7.85. The fraction of sp³-hybridized carbons (Fsp3) is 0.500. The zero-order chi connectivity index (χ0) is 12.2. The molecule has 90 valence electrons. The zero-order valence-corrected chi connectivity index (χ0v) is 10.5. The molecule has 1 aromatic carbocycles. The molecule has 0 heterocycles. The number of hydrogen-bond acceptors (Lipinski definition) is 2. The van der Waals surface area contributed by atoms with Gasteiger partial charge in [-0.15, -0.1) is 0 Å². The van der Waals surface area contributed by atoms with Crippen molar-refractivity contribution in [3.8, 4) is 0 Å². The summed E-state index contributed by atoms with van der Waals surface area (Å²) < 4.78 is 31.5. The van der Waals surface area contributed by atoms with Crippen LogP contribution in [0.25, 0.3) is 0 Å². The standard InChI is InChI=1S/C12H18O3S/c1-3-4-5-8-11-10(2)7-6-9-12(11)16(13,14)15/h6-7,9H,3-5,8H2,1-2H3,(H,13,14,15). The molecular formula is C12H18O3S. The number of benzene rings is 1. The quantitative estimate of drug-likeness (QED) is 0.638. The SMILES string of the molecule is CCCCCc1c(C)cccc1S(=O)(=O)O. The van der Waals surface area contributed by atoms with Gasteiger partial charge in [0, 0.05) is 0 Å². The summed E-state index contributed by atoms with van der Waals surface area (Å²) in [5.74, 6) is 0. The van der Waals surface area contributed by atoms with Crippen LogP contribution in [0.2, 0.25) is 0 Å². The van der Waals surface area contributed by atoms with Gasteiger partial charge in [0.15, 0.2) is 0 Å². The summed E-state index contributed by atoms with van der Waals surface area (Å²) in [6, 6.07) is 4.99. The van der Waals surface area contributed by atoms with Gasteiger partial charge in [0.05, 0.1) is 4.90 Å². The van der Waals surface area contributed by atoms with Gasteiger partial charge in [-0.1, -0.05) is 31.9 Å². The lowest BCUT2D eigenvalue weighted by molar-refractivity contribution is 0.481. The molecule has 1 N–H and O–H groups in total. The third-order valence-electron chi connectivity index (χ3n) is 2.68. The van der Waals surface area contributed by atoms with Gasteiger partial charge in [-0.3, -0.25) is 4.55 Å².